The van der Waals surface area contributed by atoms with Gasteiger partial charge in [-0.25, -0.2) is 13.6 Å². The van der Waals surface area contributed by atoms with Crippen molar-refractivity contribution in [3.05, 3.63) is 28.8 Å². The van der Waals surface area contributed by atoms with Gasteiger partial charge in [0.25, 0.3) is 0 Å². The van der Waals surface area contributed by atoms with Crippen molar-refractivity contribution >= 4 is 33.4 Å². The first-order valence-corrected chi connectivity index (χ1v) is 7.71. The summed E-state index contributed by atoms with van der Waals surface area (Å²) in [6, 6.07) is 5.34. The Kier molecular flexibility index (Phi) is 4.67. The van der Waals surface area contributed by atoms with Crippen molar-refractivity contribution in [3.8, 4) is 0 Å². The number of halogens is 1. The third-order valence-electron chi connectivity index (χ3n) is 1.78. The minimum Gasteiger partial charge on any atom is -0.228 e. The molecule has 0 saturated heterocycles. The van der Waals surface area contributed by atoms with E-state index in [2.05, 4.69) is 0 Å². The van der Waals surface area contributed by atoms with Gasteiger partial charge in [-0.2, -0.15) is 0 Å². The van der Waals surface area contributed by atoms with Gasteiger partial charge in [0.1, 0.15) is 0 Å². The molecule has 0 spiro atoms. The lowest BCUT2D eigenvalue weighted by Crippen LogP contribution is -2.15. The van der Waals surface area contributed by atoms with Crippen LogP contribution in [-0.4, -0.2) is 13.7 Å². The lowest BCUT2D eigenvalue weighted by Gasteiger charge is -2.11. The van der Waals surface area contributed by atoms with E-state index in [-0.39, 0.29) is 5.75 Å². The van der Waals surface area contributed by atoms with Gasteiger partial charge in [-0.05, 0) is 12.1 Å². The second-order valence-electron chi connectivity index (χ2n) is 3.69. The van der Waals surface area contributed by atoms with Gasteiger partial charge in [-0.15, -0.1) is 11.8 Å². The van der Waals surface area contributed by atoms with E-state index in [9.17, 15) is 8.42 Å². The molecule has 0 saturated carbocycles. The maximum absolute atomic E-state index is 11.1. The van der Waals surface area contributed by atoms with Crippen molar-refractivity contribution in [3.63, 3.8) is 0 Å². The van der Waals surface area contributed by atoms with Crippen LogP contribution in [0.4, 0.5) is 0 Å². The molecule has 1 aromatic rings. The Labute approximate surface area is 105 Å². The van der Waals surface area contributed by atoms with E-state index in [4.69, 9.17) is 16.7 Å². The van der Waals surface area contributed by atoms with E-state index in [0.29, 0.717) is 15.8 Å². The van der Waals surface area contributed by atoms with E-state index < -0.39 is 10.0 Å². The molecular formula is C10H14ClNO2S2. The monoisotopic (exact) mass is 279 g/mol. The minimum atomic E-state index is -3.56. The van der Waals surface area contributed by atoms with Crippen molar-refractivity contribution in [2.75, 3.05) is 0 Å². The zero-order valence-corrected chi connectivity index (χ0v) is 11.5. The predicted molar refractivity (Wildman–Crippen MR) is 69.3 cm³/mol. The lowest BCUT2D eigenvalue weighted by molar-refractivity contribution is 0.596. The van der Waals surface area contributed by atoms with E-state index in [1.165, 1.54) is 0 Å². The normalized spacial score (nSPS) is 12.1. The van der Waals surface area contributed by atoms with Crippen molar-refractivity contribution < 1.29 is 8.42 Å². The molecule has 3 nitrogen and oxygen atoms in total. The van der Waals surface area contributed by atoms with Crippen LogP contribution in [0.2, 0.25) is 5.02 Å². The molecule has 0 unspecified atom stereocenters. The second kappa shape index (κ2) is 5.40. The Balaban J connectivity index is 3.13. The molecule has 90 valence electrons. The van der Waals surface area contributed by atoms with E-state index in [1.54, 1.807) is 23.9 Å². The Morgan fingerprint density at radius 1 is 1.44 bits per heavy atom. The van der Waals surface area contributed by atoms with Crippen LogP contribution >= 0.6 is 23.4 Å². The molecule has 0 radical (unpaired) electrons. The number of thioether (sulfide) groups is 1. The van der Waals surface area contributed by atoms with Crippen LogP contribution in [0.15, 0.2) is 23.1 Å². The number of sulfonamides is 1. The second-order valence-corrected chi connectivity index (χ2v) is 7.33. The largest absolute Gasteiger partial charge is 0.228 e. The number of hydrogen-bond donors (Lipinski definition) is 1. The predicted octanol–water partition coefficient (Wildman–Crippen LogP) is 2.63. The van der Waals surface area contributed by atoms with Crippen LogP contribution in [0.5, 0.6) is 0 Å². The number of hydrogen-bond acceptors (Lipinski definition) is 3. The smallest absolute Gasteiger partial charge is 0.213 e. The lowest BCUT2D eigenvalue weighted by atomic mass is 10.2. The molecule has 1 rings (SSSR count). The van der Waals surface area contributed by atoms with Crippen LogP contribution in [0, 0.1) is 0 Å². The third-order valence-corrected chi connectivity index (χ3v) is 3.94. The molecular weight excluding hydrogens is 266 g/mol. The van der Waals surface area contributed by atoms with Gasteiger partial charge in [0.2, 0.25) is 10.0 Å². The average Bonchev–Trinajstić information content (AvgIpc) is 2.08. The molecule has 16 heavy (non-hydrogen) atoms. The van der Waals surface area contributed by atoms with E-state index >= 15 is 0 Å². The number of nitrogens with two attached hydrogens (primary N) is 1. The highest BCUT2D eigenvalue weighted by Crippen LogP contribution is 2.31. The van der Waals surface area contributed by atoms with Crippen molar-refractivity contribution in [2.45, 2.75) is 29.7 Å². The molecule has 0 fully saturated rings. The van der Waals surface area contributed by atoms with Crippen LogP contribution < -0.4 is 5.14 Å². The zero-order valence-electron chi connectivity index (χ0n) is 9.10. The minimum absolute atomic E-state index is 0.221. The summed E-state index contributed by atoms with van der Waals surface area (Å²) in [5.74, 6) is -0.221. The Morgan fingerprint density at radius 2 is 2.06 bits per heavy atom. The maximum Gasteiger partial charge on any atom is 0.213 e. The van der Waals surface area contributed by atoms with Gasteiger partial charge in [-0.3, -0.25) is 0 Å². The van der Waals surface area contributed by atoms with Gasteiger partial charge in [0.15, 0.2) is 0 Å². The molecule has 0 aliphatic heterocycles. The summed E-state index contributed by atoms with van der Waals surface area (Å²) in [6.45, 7) is 4.07. The van der Waals surface area contributed by atoms with Crippen LogP contribution in [0.1, 0.15) is 19.4 Å². The Morgan fingerprint density at radius 3 is 2.56 bits per heavy atom. The summed E-state index contributed by atoms with van der Waals surface area (Å²) in [5.41, 5.74) is 0.588. The standard InChI is InChI=1S/C10H14ClNO2S2/c1-7(2)15-10-5-3-4-9(11)8(10)6-16(12,13)14/h3-5,7H,6H2,1-2H3,(H2,12,13,14). The number of rotatable bonds is 4. The molecule has 0 atom stereocenters. The SMILES string of the molecule is CC(C)Sc1cccc(Cl)c1CS(N)(=O)=O. The number of benzene rings is 1. The van der Waals surface area contributed by atoms with Gasteiger partial charge in [0.05, 0.1) is 5.75 Å². The molecule has 2 N–H and O–H groups in total. The van der Waals surface area contributed by atoms with E-state index in [1.807, 2.05) is 19.9 Å². The fourth-order valence-corrected chi connectivity index (χ4v) is 3.42. The summed E-state index contributed by atoms with van der Waals surface area (Å²) in [4.78, 5) is 0.872. The van der Waals surface area contributed by atoms with Crippen molar-refractivity contribution in [2.24, 2.45) is 5.14 Å². The van der Waals surface area contributed by atoms with Crippen LogP contribution in [-0.2, 0) is 15.8 Å². The highest BCUT2D eigenvalue weighted by atomic mass is 35.5. The number of primary sulfonamides is 1. The fraction of sp³-hybridized carbons (Fsp3) is 0.400. The Bertz CT molecular complexity index is 472. The van der Waals surface area contributed by atoms with Crippen LogP contribution in [0.25, 0.3) is 0 Å². The molecule has 0 aliphatic rings. The summed E-state index contributed by atoms with van der Waals surface area (Å²) in [6.07, 6.45) is 0. The fourth-order valence-electron chi connectivity index (χ4n) is 1.24. The van der Waals surface area contributed by atoms with Gasteiger partial charge >= 0.3 is 0 Å². The van der Waals surface area contributed by atoms with Gasteiger partial charge in [-0.1, -0.05) is 31.5 Å². The summed E-state index contributed by atoms with van der Waals surface area (Å²) in [7, 11) is -3.56. The molecule has 0 heterocycles. The Hall–Kier alpha value is -0.230. The summed E-state index contributed by atoms with van der Waals surface area (Å²) >= 11 is 7.56. The molecule has 0 amide bonds. The van der Waals surface area contributed by atoms with Crippen molar-refractivity contribution in [1.82, 2.24) is 0 Å². The molecule has 0 aromatic heterocycles. The molecule has 0 aliphatic carbocycles. The maximum atomic E-state index is 11.1. The van der Waals surface area contributed by atoms with Crippen LogP contribution in [0.3, 0.4) is 0 Å². The highest BCUT2D eigenvalue weighted by molar-refractivity contribution is 8.00. The quantitative estimate of drug-likeness (QED) is 0.862. The summed E-state index contributed by atoms with van der Waals surface area (Å²) < 4.78 is 22.2. The molecule has 6 heteroatoms. The van der Waals surface area contributed by atoms with Crippen molar-refractivity contribution in [1.29, 1.82) is 0 Å². The first-order valence-electron chi connectivity index (χ1n) is 4.74. The third kappa shape index (κ3) is 4.33. The first kappa shape index (κ1) is 13.8. The summed E-state index contributed by atoms with van der Waals surface area (Å²) in [5, 5.41) is 5.84. The topological polar surface area (TPSA) is 60.2 Å². The highest BCUT2D eigenvalue weighted by Gasteiger charge is 2.14. The van der Waals surface area contributed by atoms with Gasteiger partial charge < -0.3 is 0 Å². The van der Waals surface area contributed by atoms with E-state index in [0.717, 1.165) is 4.90 Å². The van der Waals surface area contributed by atoms with Gasteiger partial charge in [0, 0.05) is 20.7 Å². The molecule has 0 bridgehead atoms. The zero-order chi connectivity index (χ0) is 12.3. The first-order chi connectivity index (χ1) is 7.29. The molecule has 1 aromatic carbocycles. The average molecular weight is 280 g/mol.